The number of thiophene rings is 1. The van der Waals surface area contributed by atoms with Crippen molar-refractivity contribution in [2.24, 2.45) is 0 Å². The van der Waals surface area contributed by atoms with Crippen molar-refractivity contribution in [3.8, 4) is 0 Å². The lowest BCUT2D eigenvalue weighted by atomic mass is 10.4. The first-order valence-electron chi connectivity index (χ1n) is 5.08. The normalized spacial score (nSPS) is 13.0. The quantitative estimate of drug-likeness (QED) is 0.679. The zero-order valence-electron chi connectivity index (χ0n) is 9.02. The van der Waals surface area contributed by atoms with Crippen molar-refractivity contribution < 1.29 is 0 Å². The van der Waals surface area contributed by atoms with E-state index in [4.69, 9.17) is 0 Å². The molecule has 1 atom stereocenters. The van der Waals surface area contributed by atoms with Crippen molar-refractivity contribution in [3.05, 3.63) is 34.5 Å². The highest BCUT2D eigenvalue weighted by Gasteiger charge is 2.10. The molecule has 0 aliphatic rings. The van der Waals surface area contributed by atoms with E-state index in [0.717, 1.165) is 5.03 Å². The molecule has 17 heavy (non-hydrogen) atoms. The fourth-order valence-corrected chi connectivity index (χ4v) is 3.26. The average molecular weight is 263 g/mol. The van der Waals surface area contributed by atoms with Crippen LogP contribution < -0.4 is 0 Å². The summed E-state index contributed by atoms with van der Waals surface area (Å²) >= 11 is 3.46. The third kappa shape index (κ3) is 2.16. The zero-order chi connectivity index (χ0) is 11.7. The summed E-state index contributed by atoms with van der Waals surface area (Å²) in [5.74, 6) is 0. The predicted octanol–water partition coefficient (Wildman–Crippen LogP) is 2.43. The van der Waals surface area contributed by atoms with Crippen LogP contribution in [-0.4, -0.2) is 25.3 Å². The Bertz CT molecular complexity index is 618. The third-order valence-electron chi connectivity index (χ3n) is 2.29. The van der Waals surface area contributed by atoms with Gasteiger partial charge in [0, 0.05) is 10.1 Å². The summed E-state index contributed by atoms with van der Waals surface area (Å²) in [5.41, 5.74) is 0.665. The van der Waals surface area contributed by atoms with Gasteiger partial charge in [0.15, 0.2) is 5.65 Å². The highest BCUT2D eigenvalue weighted by molar-refractivity contribution is 7.99. The lowest BCUT2D eigenvalue weighted by Gasteiger charge is -2.07. The topological polar surface area (TPSA) is 56.0 Å². The molecule has 86 valence electrons. The molecular formula is C10H9N5S2. The number of thioether (sulfide) groups is 1. The van der Waals surface area contributed by atoms with Gasteiger partial charge in [-0.15, -0.1) is 26.2 Å². The van der Waals surface area contributed by atoms with Crippen molar-refractivity contribution in [1.82, 2.24) is 25.3 Å². The summed E-state index contributed by atoms with van der Waals surface area (Å²) in [5, 5.41) is 18.9. The highest BCUT2D eigenvalue weighted by atomic mass is 32.2. The van der Waals surface area contributed by atoms with Crippen molar-refractivity contribution in [2.45, 2.75) is 17.2 Å². The lowest BCUT2D eigenvalue weighted by Crippen LogP contribution is -1.96. The van der Waals surface area contributed by atoms with Gasteiger partial charge in [-0.05, 0) is 40.9 Å². The number of aromatic nitrogens is 5. The smallest absolute Gasteiger partial charge is 0.148 e. The van der Waals surface area contributed by atoms with E-state index in [1.54, 1.807) is 23.1 Å². The van der Waals surface area contributed by atoms with Gasteiger partial charge < -0.3 is 0 Å². The Morgan fingerprint density at radius 2 is 2.29 bits per heavy atom. The second-order valence-corrected chi connectivity index (χ2v) is 5.81. The van der Waals surface area contributed by atoms with E-state index < -0.39 is 0 Å². The van der Waals surface area contributed by atoms with Crippen LogP contribution >= 0.6 is 23.1 Å². The number of hydrogen-bond acceptors (Lipinski definition) is 6. The Labute approximate surface area is 106 Å². The molecule has 0 amide bonds. The van der Waals surface area contributed by atoms with E-state index in [9.17, 15) is 0 Å². The van der Waals surface area contributed by atoms with Gasteiger partial charge in [0.05, 0.1) is 0 Å². The second-order valence-electron chi connectivity index (χ2n) is 3.47. The summed E-state index contributed by atoms with van der Waals surface area (Å²) in [7, 11) is 0. The van der Waals surface area contributed by atoms with Gasteiger partial charge in [0.1, 0.15) is 5.03 Å². The van der Waals surface area contributed by atoms with Gasteiger partial charge in [-0.1, -0.05) is 17.8 Å². The zero-order valence-corrected chi connectivity index (χ0v) is 10.6. The van der Waals surface area contributed by atoms with E-state index >= 15 is 0 Å². The fraction of sp³-hybridized carbons (Fsp3) is 0.200. The second kappa shape index (κ2) is 4.42. The summed E-state index contributed by atoms with van der Waals surface area (Å²) in [4.78, 5) is 1.34. The first-order valence-corrected chi connectivity index (χ1v) is 6.84. The monoisotopic (exact) mass is 263 g/mol. The van der Waals surface area contributed by atoms with Crippen LogP contribution in [0.1, 0.15) is 17.1 Å². The van der Waals surface area contributed by atoms with E-state index in [1.165, 1.54) is 9.51 Å². The minimum atomic E-state index is 0.386. The van der Waals surface area contributed by atoms with Crippen LogP contribution in [0, 0.1) is 0 Å². The van der Waals surface area contributed by atoms with Crippen LogP contribution in [0.3, 0.4) is 0 Å². The van der Waals surface area contributed by atoms with Gasteiger partial charge in [0.2, 0.25) is 0 Å². The van der Waals surface area contributed by atoms with Crippen LogP contribution in [0.25, 0.3) is 5.65 Å². The Kier molecular flexibility index (Phi) is 2.77. The van der Waals surface area contributed by atoms with Gasteiger partial charge in [-0.2, -0.15) is 0 Å². The maximum absolute atomic E-state index is 4.33. The fourth-order valence-electron chi connectivity index (χ4n) is 1.46. The predicted molar refractivity (Wildman–Crippen MR) is 67.2 cm³/mol. The Balaban J connectivity index is 1.84. The van der Waals surface area contributed by atoms with E-state index in [1.807, 2.05) is 12.1 Å². The molecule has 0 N–H and O–H groups in total. The number of nitrogens with zero attached hydrogens (tertiary/aromatic N) is 5. The maximum atomic E-state index is 4.33. The first kappa shape index (κ1) is 10.7. The molecule has 3 aromatic rings. The Hall–Kier alpha value is -1.47. The molecule has 0 unspecified atom stereocenters. The molecule has 3 rings (SSSR count). The standard InChI is InChI=1S/C10H9N5S2/c1-7(8-3-2-6-16-8)17-10-5-4-9-11-13-14-15(9)12-10/h2-7H,1H3/t7-/m0/s1. The first-order chi connectivity index (χ1) is 8.33. The van der Waals surface area contributed by atoms with Crippen LogP contribution in [0.5, 0.6) is 0 Å². The average Bonchev–Trinajstić information content (AvgIpc) is 2.99. The summed E-state index contributed by atoms with van der Waals surface area (Å²) < 4.78 is 1.45. The van der Waals surface area contributed by atoms with E-state index in [2.05, 4.69) is 45.1 Å². The van der Waals surface area contributed by atoms with Crippen LogP contribution in [0.4, 0.5) is 0 Å². The van der Waals surface area contributed by atoms with Crippen molar-refractivity contribution in [1.29, 1.82) is 0 Å². The molecule has 5 nitrogen and oxygen atoms in total. The maximum Gasteiger partial charge on any atom is 0.200 e. The van der Waals surface area contributed by atoms with E-state index in [-0.39, 0.29) is 0 Å². The van der Waals surface area contributed by atoms with Crippen molar-refractivity contribution >= 4 is 28.7 Å². The Morgan fingerprint density at radius 1 is 1.35 bits per heavy atom. The largest absolute Gasteiger partial charge is 0.200 e. The molecule has 0 aliphatic carbocycles. The van der Waals surface area contributed by atoms with Crippen LogP contribution in [0.2, 0.25) is 0 Å². The minimum absolute atomic E-state index is 0.386. The Morgan fingerprint density at radius 3 is 3.12 bits per heavy atom. The van der Waals surface area contributed by atoms with Crippen molar-refractivity contribution in [3.63, 3.8) is 0 Å². The summed E-state index contributed by atoms with van der Waals surface area (Å²) in [6.45, 7) is 2.17. The highest BCUT2D eigenvalue weighted by Crippen LogP contribution is 2.35. The number of fused-ring (bicyclic) bond motifs is 1. The number of rotatable bonds is 3. The van der Waals surface area contributed by atoms with Crippen LogP contribution in [-0.2, 0) is 0 Å². The van der Waals surface area contributed by atoms with Crippen molar-refractivity contribution in [2.75, 3.05) is 0 Å². The minimum Gasteiger partial charge on any atom is -0.148 e. The molecule has 0 saturated heterocycles. The van der Waals surface area contributed by atoms with Gasteiger partial charge in [-0.25, -0.2) is 0 Å². The molecular weight excluding hydrogens is 254 g/mol. The molecule has 0 spiro atoms. The number of tetrazole rings is 1. The van der Waals surface area contributed by atoms with Gasteiger partial charge >= 0.3 is 0 Å². The molecule has 0 aliphatic heterocycles. The molecule has 0 radical (unpaired) electrons. The summed E-state index contributed by atoms with van der Waals surface area (Å²) in [6, 6.07) is 8.02. The molecule has 3 aromatic heterocycles. The molecule has 0 saturated carbocycles. The number of hydrogen-bond donors (Lipinski definition) is 0. The summed E-state index contributed by atoms with van der Waals surface area (Å²) in [6.07, 6.45) is 0. The molecule has 7 heteroatoms. The molecule has 0 aromatic carbocycles. The molecule has 3 heterocycles. The van der Waals surface area contributed by atoms with Gasteiger partial charge in [0.25, 0.3) is 0 Å². The SMILES string of the molecule is C[C@H](Sc1ccc2nnnn2n1)c1cccs1. The molecule has 0 fully saturated rings. The van der Waals surface area contributed by atoms with Crippen LogP contribution in [0.15, 0.2) is 34.7 Å². The van der Waals surface area contributed by atoms with Gasteiger partial charge in [-0.3, -0.25) is 0 Å². The molecule has 0 bridgehead atoms. The third-order valence-corrected chi connectivity index (χ3v) is 4.56. The lowest BCUT2D eigenvalue weighted by molar-refractivity contribution is 0.702. The van der Waals surface area contributed by atoms with E-state index in [0.29, 0.717) is 10.9 Å².